The fourth-order valence-corrected chi connectivity index (χ4v) is 3.17. The summed E-state index contributed by atoms with van der Waals surface area (Å²) in [6.07, 6.45) is 0.921. The maximum absolute atomic E-state index is 12.3. The van der Waals surface area contributed by atoms with Gasteiger partial charge in [-0.25, -0.2) is 0 Å². The molecule has 0 saturated carbocycles. The highest BCUT2D eigenvalue weighted by Gasteiger charge is 2.34. The van der Waals surface area contributed by atoms with Crippen molar-refractivity contribution in [3.63, 3.8) is 0 Å². The minimum absolute atomic E-state index is 0.176. The first-order valence-corrected chi connectivity index (χ1v) is 8.37. The summed E-state index contributed by atoms with van der Waals surface area (Å²) in [6, 6.07) is -0.538. The molecule has 0 spiro atoms. The lowest BCUT2D eigenvalue weighted by atomic mass is 10.0. The monoisotopic (exact) mass is 339 g/mol. The van der Waals surface area contributed by atoms with Crippen LogP contribution in [0.15, 0.2) is 0 Å². The summed E-state index contributed by atoms with van der Waals surface area (Å²) in [5.74, 6) is -1.41. The molecule has 0 aromatic rings. The van der Waals surface area contributed by atoms with Crippen LogP contribution in [0.4, 0.5) is 0 Å². The number of piperazine rings is 1. The maximum atomic E-state index is 12.3. The van der Waals surface area contributed by atoms with Gasteiger partial charge in [0.05, 0.1) is 0 Å². The minimum Gasteiger partial charge on any atom is -0.480 e. The Bertz CT molecular complexity index is 510. The molecule has 0 aliphatic carbocycles. The standard InChI is InChI=1S/C16H25N3O5/c1-11(2)9-12(16(23)24)17-5-7-18(8-6-17)15(22)10-19-13(20)3-4-14(19)21/h11-12H,3-10H2,1-2H3,(H,23,24). The van der Waals surface area contributed by atoms with Crippen molar-refractivity contribution in [3.05, 3.63) is 0 Å². The Kier molecular flexibility index (Phi) is 5.93. The van der Waals surface area contributed by atoms with Crippen molar-refractivity contribution in [2.24, 2.45) is 5.92 Å². The van der Waals surface area contributed by atoms with E-state index in [-0.39, 0.29) is 43.0 Å². The van der Waals surface area contributed by atoms with E-state index in [0.29, 0.717) is 32.6 Å². The molecule has 2 fully saturated rings. The number of hydrogen-bond acceptors (Lipinski definition) is 5. The van der Waals surface area contributed by atoms with E-state index in [1.54, 1.807) is 4.90 Å². The first kappa shape index (κ1) is 18.4. The van der Waals surface area contributed by atoms with Crippen molar-refractivity contribution < 1.29 is 24.3 Å². The molecule has 8 heteroatoms. The number of carbonyl (C=O) groups is 4. The zero-order valence-electron chi connectivity index (χ0n) is 14.2. The third-order valence-electron chi connectivity index (χ3n) is 4.54. The van der Waals surface area contributed by atoms with Gasteiger partial charge in [0, 0.05) is 39.0 Å². The molecule has 0 aromatic carbocycles. The van der Waals surface area contributed by atoms with Crippen LogP contribution in [-0.4, -0.2) is 82.3 Å². The predicted molar refractivity (Wildman–Crippen MR) is 85.0 cm³/mol. The second-order valence-electron chi connectivity index (χ2n) is 6.77. The van der Waals surface area contributed by atoms with Gasteiger partial charge in [0.2, 0.25) is 17.7 Å². The number of amides is 3. The number of imide groups is 1. The highest BCUT2D eigenvalue weighted by molar-refractivity contribution is 6.04. The molecular formula is C16H25N3O5. The fourth-order valence-electron chi connectivity index (χ4n) is 3.17. The van der Waals surface area contributed by atoms with Gasteiger partial charge < -0.3 is 10.0 Å². The van der Waals surface area contributed by atoms with Gasteiger partial charge in [-0.05, 0) is 12.3 Å². The normalized spacial score (nSPS) is 20.8. The van der Waals surface area contributed by atoms with Crippen molar-refractivity contribution in [1.29, 1.82) is 0 Å². The molecule has 0 aromatic heterocycles. The van der Waals surface area contributed by atoms with Crippen LogP contribution in [0.2, 0.25) is 0 Å². The number of rotatable bonds is 6. The highest BCUT2D eigenvalue weighted by Crippen LogP contribution is 2.16. The second kappa shape index (κ2) is 7.74. The molecule has 0 radical (unpaired) electrons. The number of carbonyl (C=O) groups excluding carboxylic acids is 3. The lowest BCUT2D eigenvalue weighted by Gasteiger charge is -2.38. The molecule has 134 valence electrons. The molecule has 1 atom stereocenters. The third kappa shape index (κ3) is 4.31. The van der Waals surface area contributed by atoms with Crippen LogP contribution in [-0.2, 0) is 19.2 Å². The van der Waals surface area contributed by atoms with Crippen molar-refractivity contribution in [1.82, 2.24) is 14.7 Å². The van der Waals surface area contributed by atoms with E-state index in [9.17, 15) is 24.3 Å². The number of likely N-dealkylation sites (tertiary alicyclic amines) is 1. The van der Waals surface area contributed by atoms with E-state index < -0.39 is 12.0 Å². The van der Waals surface area contributed by atoms with E-state index in [1.807, 2.05) is 18.7 Å². The van der Waals surface area contributed by atoms with E-state index in [0.717, 1.165) is 4.90 Å². The molecule has 2 saturated heterocycles. The summed E-state index contributed by atoms with van der Waals surface area (Å²) in [4.78, 5) is 51.4. The first-order valence-electron chi connectivity index (χ1n) is 8.37. The summed E-state index contributed by atoms with van der Waals surface area (Å²) < 4.78 is 0. The van der Waals surface area contributed by atoms with Crippen molar-refractivity contribution >= 4 is 23.7 Å². The van der Waals surface area contributed by atoms with Gasteiger partial charge in [0.15, 0.2) is 0 Å². The van der Waals surface area contributed by atoms with E-state index in [1.165, 1.54) is 0 Å². The molecule has 2 heterocycles. The van der Waals surface area contributed by atoms with Crippen LogP contribution in [0.5, 0.6) is 0 Å². The summed E-state index contributed by atoms with van der Waals surface area (Å²) in [5, 5.41) is 9.39. The van der Waals surface area contributed by atoms with Crippen LogP contribution in [0.3, 0.4) is 0 Å². The molecule has 3 amide bonds. The number of carboxylic acid groups (broad SMARTS) is 1. The quantitative estimate of drug-likeness (QED) is 0.672. The number of aliphatic carboxylic acids is 1. The van der Waals surface area contributed by atoms with Gasteiger partial charge in [0.1, 0.15) is 12.6 Å². The first-order chi connectivity index (χ1) is 11.3. The number of nitrogens with zero attached hydrogens (tertiary/aromatic N) is 3. The number of hydrogen-bond donors (Lipinski definition) is 1. The number of carboxylic acids is 1. The highest BCUT2D eigenvalue weighted by atomic mass is 16.4. The molecule has 1 N–H and O–H groups in total. The Morgan fingerprint density at radius 1 is 1.04 bits per heavy atom. The van der Waals surface area contributed by atoms with Crippen molar-refractivity contribution in [2.45, 2.75) is 39.2 Å². The molecule has 2 rings (SSSR count). The van der Waals surface area contributed by atoms with Gasteiger partial charge in [-0.15, -0.1) is 0 Å². The topological polar surface area (TPSA) is 98.2 Å². The zero-order chi connectivity index (χ0) is 17.9. The van der Waals surface area contributed by atoms with E-state index in [4.69, 9.17) is 0 Å². The molecule has 24 heavy (non-hydrogen) atoms. The molecule has 1 unspecified atom stereocenters. The molecular weight excluding hydrogens is 314 g/mol. The Morgan fingerprint density at radius 3 is 2.04 bits per heavy atom. The van der Waals surface area contributed by atoms with Crippen LogP contribution in [0, 0.1) is 5.92 Å². The molecule has 0 bridgehead atoms. The van der Waals surface area contributed by atoms with Crippen molar-refractivity contribution in [2.75, 3.05) is 32.7 Å². The average Bonchev–Trinajstić information content (AvgIpc) is 2.84. The van der Waals surface area contributed by atoms with Gasteiger partial charge in [-0.3, -0.25) is 29.0 Å². The Labute approximate surface area is 141 Å². The summed E-state index contributed by atoms with van der Waals surface area (Å²) in [7, 11) is 0. The van der Waals surface area contributed by atoms with Gasteiger partial charge in [0.25, 0.3) is 0 Å². The van der Waals surface area contributed by atoms with Gasteiger partial charge >= 0.3 is 5.97 Å². The Hall–Kier alpha value is -1.96. The smallest absolute Gasteiger partial charge is 0.320 e. The summed E-state index contributed by atoms with van der Waals surface area (Å²) in [6.45, 7) is 5.56. The lowest BCUT2D eigenvalue weighted by Crippen LogP contribution is -2.55. The van der Waals surface area contributed by atoms with Gasteiger partial charge in [-0.2, -0.15) is 0 Å². The second-order valence-corrected chi connectivity index (χ2v) is 6.77. The minimum atomic E-state index is -0.836. The Balaban J connectivity index is 1.87. The lowest BCUT2D eigenvalue weighted by molar-refractivity contribution is -0.148. The predicted octanol–water partition coefficient (Wildman–Crippen LogP) is -0.221. The van der Waals surface area contributed by atoms with Crippen LogP contribution in [0.25, 0.3) is 0 Å². The van der Waals surface area contributed by atoms with Crippen molar-refractivity contribution in [3.8, 4) is 0 Å². The summed E-state index contributed by atoms with van der Waals surface area (Å²) >= 11 is 0. The van der Waals surface area contributed by atoms with Crippen LogP contribution < -0.4 is 0 Å². The van der Waals surface area contributed by atoms with Crippen LogP contribution >= 0.6 is 0 Å². The zero-order valence-corrected chi connectivity index (χ0v) is 14.2. The third-order valence-corrected chi connectivity index (χ3v) is 4.54. The van der Waals surface area contributed by atoms with E-state index in [2.05, 4.69) is 0 Å². The maximum Gasteiger partial charge on any atom is 0.320 e. The fraction of sp³-hybridized carbons (Fsp3) is 0.750. The molecule has 2 aliphatic heterocycles. The van der Waals surface area contributed by atoms with Crippen LogP contribution in [0.1, 0.15) is 33.1 Å². The largest absolute Gasteiger partial charge is 0.480 e. The molecule has 2 aliphatic rings. The van der Waals surface area contributed by atoms with Gasteiger partial charge in [-0.1, -0.05) is 13.8 Å². The van der Waals surface area contributed by atoms with E-state index >= 15 is 0 Å². The summed E-state index contributed by atoms with van der Waals surface area (Å²) in [5.41, 5.74) is 0. The average molecular weight is 339 g/mol. The molecule has 8 nitrogen and oxygen atoms in total. The SMILES string of the molecule is CC(C)CC(C(=O)O)N1CCN(C(=O)CN2C(=O)CCC2=O)CC1. The Morgan fingerprint density at radius 2 is 1.58 bits per heavy atom.